The molecule has 1 aromatic rings. The van der Waals surface area contributed by atoms with Crippen LogP contribution in [-0.2, 0) is 4.79 Å². The van der Waals surface area contributed by atoms with E-state index in [1.807, 2.05) is 44.4 Å². The van der Waals surface area contributed by atoms with Crippen molar-refractivity contribution in [3.63, 3.8) is 0 Å². The largest absolute Gasteiger partial charge is 0.481 e. The van der Waals surface area contributed by atoms with Crippen LogP contribution >= 0.6 is 0 Å². The Balaban J connectivity index is 2.70. The highest BCUT2D eigenvalue weighted by atomic mass is 16.4. The third-order valence-corrected chi connectivity index (χ3v) is 2.44. The maximum absolute atomic E-state index is 10.5. The second kappa shape index (κ2) is 5.51. The lowest BCUT2D eigenvalue weighted by molar-refractivity contribution is -0.137. The predicted octanol–water partition coefficient (Wildman–Crippen LogP) is 2.15. The number of hydrogen-bond acceptors (Lipinski definition) is 2. The van der Waals surface area contributed by atoms with Gasteiger partial charge in [-0.1, -0.05) is 30.3 Å². The van der Waals surface area contributed by atoms with Crippen molar-refractivity contribution in [1.29, 1.82) is 0 Å². The summed E-state index contributed by atoms with van der Waals surface area (Å²) in [4.78, 5) is 12.6. The van der Waals surface area contributed by atoms with E-state index in [0.717, 1.165) is 0 Å². The van der Waals surface area contributed by atoms with Crippen molar-refractivity contribution in [1.82, 2.24) is 4.90 Å². The van der Waals surface area contributed by atoms with Crippen LogP contribution in [0, 0.1) is 0 Å². The second-order valence-electron chi connectivity index (χ2n) is 3.82. The van der Waals surface area contributed by atoms with E-state index in [1.165, 1.54) is 5.56 Å². The molecule has 0 bridgehead atoms. The van der Waals surface area contributed by atoms with Gasteiger partial charge >= 0.3 is 5.97 Å². The highest BCUT2D eigenvalue weighted by Crippen LogP contribution is 2.22. The van der Waals surface area contributed by atoms with Crippen LogP contribution < -0.4 is 0 Å². The van der Waals surface area contributed by atoms with Gasteiger partial charge in [-0.15, -0.1) is 0 Å². The average molecular weight is 207 g/mol. The van der Waals surface area contributed by atoms with Crippen molar-refractivity contribution in [2.45, 2.75) is 18.9 Å². The Bertz CT molecular complexity index is 309. The lowest BCUT2D eigenvalue weighted by Crippen LogP contribution is -2.20. The Morgan fingerprint density at radius 2 is 1.93 bits per heavy atom. The second-order valence-corrected chi connectivity index (χ2v) is 3.82. The number of hydrogen-bond donors (Lipinski definition) is 1. The van der Waals surface area contributed by atoms with Crippen LogP contribution in [0.4, 0.5) is 0 Å². The van der Waals surface area contributed by atoms with Gasteiger partial charge in [0.2, 0.25) is 0 Å². The van der Waals surface area contributed by atoms with Gasteiger partial charge in [0.1, 0.15) is 0 Å². The van der Waals surface area contributed by atoms with Gasteiger partial charge in [0.05, 0.1) is 0 Å². The molecule has 3 nitrogen and oxygen atoms in total. The fraction of sp³-hybridized carbons (Fsp3) is 0.417. The van der Waals surface area contributed by atoms with E-state index in [-0.39, 0.29) is 12.5 Å². The highest BCUT2D eigenvalue weighted by molar-refractivity contribution is 5.66. The van der Waals surface area contributed by atoms with Crippen molar-refractivity contribution in [2.75, 3.05) is 14.1 Å². The Labute approximate surface area is 90.3 Å². The van der Waals surface area contributed by atoms with Gasteiger partial charge in [-0.25, -0.2) is 0 Å². The molecule has 0 saturated carbocycles. The van der Waals surface area contributed by atoms with Crippen molar-refractivity contribution in [2.24, 2.45) is 0 Å². The molecule has 0 aliphatic rings. The molecule has 0 aliphatic carbocycles. The molecule has 1 N–H and O–H groups in total. The molecule has 82 valence electrons. The number of carboxylic acids is 1. The molecule has 15 heavy (non-hydrogen) atoms. The average Bonchev–Trinajstić information content (AvgIpc) is 2.18. The number of rotatable bonds is 5. The van der Waals surface area contributed by atoms with Gasteiger partial charge in [-0.05, 0) is 26.1 Å². The molecule has 0 aliphatic heterocycles. The minimum absolute atomic E-state index is 0.183. The summed E-state index contributed by atoms with van der Waals surface area (Å²) in [7, 11) is 3.94. The molecule has 0 radical (unpaired) electrons. The third-order valence-electron chi connectivity index (χ3n) is 2.44. The molecular formula is C12H17NO2. The smallest absolute Gasteiger partial charge is 0.303 e. The number of nitrogens with zero attached hydrogens (tertiary/aromatic N) is 1. The number of carboxylic acid groups (broad SMARTS) is 1. The van der Waals surface area contributed by atoms with E-state index >= 15 is 0 Å². The normalized spacial score (nSPS) is 12.7. The minimum Gasteiger partial charge on any atom is -0.481 e. The molecule has 0 amide bonds. The zero-order valence-corrected chi connectivity index (χ0v) is 9.18. The zero-order valence-electron chi connectivity index (χ0n) is 9.18. The summed E-state index contributed by atoms with van der Waals surface area (Å²) in [5, 5.41) is 8.67. The summed E-state index contributed by atoms with van der Waals surface area (Å²) in [5.74, 6) is -0.738. The standard InChI is InChI=1S/C12H17NO2/c1-13(2)11(8-9-12(14)15)10-6-4-3-5-7-10/h3-7,11H,8-9H2,1-2H3,(H,14,15). The Kier molecular flexibility index (Phi) is 4.31. The first kappa shape index (κ1) is 11.7. The number of carbonyl (C=O) groups is 1. The zero-order chi connectivity index (χ0) is 11.3. The summed E-state index contributed by atoms with van der Waals surface area (Å²) >= 11 is 0. The molecule has 0 spiro atoms. The summed E-state index contributed by atoms with van der Waals surface area (Å²) in [6.07, 6.45) is 0.851. The first-order chi connectivity index (χ1) is 7.11. The number of benzene rings is 1. The molecule has 0 aromatic heterocycles. The molecule has 1 atom stereocenters. The van der Waals surface area contributed by atoms with Gasteiger partial charge < -0.3 is 10.0 Å². The molecule has 3 heteroatoms. The SMILES string of the molecule is CN(C)C(CCC(=O)O)c1ccccc1. The number of aliphatic carboxylic acids is 1. The van der Waals surface area contributed by atoms with Gasteiger partial charge in [0.25, 0.3) is 0 Å². The van der Waals surface area contributed by atoms with Crippen molar-refractivity contribution < 1.29 is 9.90 Å². The fourth-order valence-electron chi connectivity index (χ4n) is 1.66. The van der Waals surface area contributed by atoms with Crippen molar-refractivity contribution in [3.8, 4) is 0 Å². The van der Waals surface area contributed by atoms with E-state index in [1.54, 1.807) is 0 Å². The van der Waals surface area contributed by atoms with E-state index in [9.17, 15) is 4.79 Å². The lowest BCUT2D eigenvalue weighted by atomic mass is 10.0. The van der Waals surface area contributed by atoms with Crippen LogP contribution in [0.5, 0.6) is 0 Å². The molecule has 0 fully saturated rings. The van der Waals surface area contributed by atoms with Crippen LogP contribution in [0.3, 0.4) is 0 Å². The molecule has 0 saturated heterocycles. The van der Waals surface area contributed by atoms with E-state index < -0.39 is 5.97 Å². The van der Waals surface area contributed by atoms with E-state index in [2.05, 4.69) is 4.90 Å². The van der Waals surface area contributed by atoms with Crippen molar-refractivity contribution in [3.05, 3.63) is 35.9 Å². The maximum Gasteiger partial charge on any atom is 0.303 e. The summed E-state index contributed by atoms with van der Waals surface area (Å²) in [6, 6.07) is 10.2. The molecule has 1 unspecified atom stereocenters. The molecule has 0 heterocycles. The first-order valence-electron chi connectivity index (χ1n) is 5.04. The monoisotopic (exact) mass is 207 g/mol. The first-order valence-corrected chi connectivity index (χ1v) is 5.04. The third kappa shape index (κ3) is 3.72. The summed E-state index contributed by atoms with van der Waals surface area (Å²) < 4.78 is 0. The Morgan fingerprint density at radius 3 is 2.40 bits per heavy atom. The van der Waals surface area contributed by atoms with Crippen LogP contribution in [-0.4, -0.2) is 30.1 Å². The van der Waals surface area contributed by atoms with Crippen LogP contribution in [0.2, 0.25) is 0 Å². The Hall–Kier alpha value is -1.35. The van der Waals surface area contributed by atoms with Crippen molar-refractivity contribution >= 4 is 5.97 Å². The maximum atomic E-state index is 10.5. The van der Waals surface area contributed by atoms with Gasteiger partial charge in [-0.3, -0.25) is 4.79 Å². The molecule has 1 aromatic carbocycles. The lowest BCUT2D eigenvalue weighted by Gasteiger charge is -2.24. The van der Waals surface area contributed by atoms with E-state index in [4.69, 9.17) is 5.11 Å². The topological polar surface area (TPSA) is 40.5 Å². The fourth-order valence-corrected chi connectivity index (χ4v) is 1.66. The summed E-state index contributed by atoms with van der Waals surface area (Å²) in [5.41, 5.74) is 1.17. The summed E-state index contributed by atoms with van der Waals surface area (Å²) in [6.45, 7) is 0. The van der Waals surface area contributed by atoms with Gasteiger partial charge in [-0.2, -0.15) is 0 Å². The van der Waals surface area contributed by atoms with Crippen LogP contribution in [0.25, 0.3) is 0 Å². The van der Waals surface area contributed by atoms with E-state index in [0.29, 0.717) is 6.42 Å². The van der Waals surface area contributed by atoms with Crippen LogP contribution in [0.15, 0.2) is 30.3 Å². The van der Waals surface area contributed by atoms with Gasteiger partial charge in [0, 0.05) is 12.5 Å². The predicted molar refractivity (Wildman–Crippen MR) is 59.7 cm³/mol. The minimum atomic E-state index is -0.738. The quantitative estimate of drug-likeness (QED) is 0.804. The Morgan fingerprint density at radius 1 is 1.33 bits per heavy atom. The molecular weight excluding hydrogens is 190 g/mol. The highest BCUT2D eigenvalue weighted by Gasteiger charge is 2.14. The van der Waals surface area contributed by atoms with Crippen LogP contribution in [0.1, 0.15) is 24.4 Å². The molecule has 1 rings (SSSR count). The van der Waals surface area contributed by atoms with Gasteiger partial charge in [0.15, 0.2) is 0 Å².